The number of rotatable bonds is 2. The summed E-state index contributed by atoms with van der Waals surface area (Å²) in [6.45, 7) is 0.382. The molecule has 0 aliphatic rings. The Bertz CT molecular complexity index is 460. The van der Waals surface area contributed by atoms with Crippen molar-refractivity contribution in [2.75, 3.05) is 0 Å². The first-order chi connectivity index (χ1) is 7.31. The van der Waals surface area contributed by atoms with Gasteiger partial charge in [-0.2, -0.15) is 0 Å². The minimum Gasteiger partial charge on any atom is -0.325 e. The summed E-state index contributed by atoms with van der Waals surface area (Å²) in [6.07, 6.45) is 1.70. The number of pyridine rings is 1. The van der Waals surface area contributed by atoms with E-state index in [-0.39, 0.29) is 30.6 Å². The van der Waals surface area contributed by atoms with Crippen molar-refractivity contribution >= 4 is 24.8 Å². The Morgan fingerprint density at radius 3 is 2.29 bits per heavy atom. The molecule has 2 N–H and O–H groups in total. The van der Waals surface area contributed by atoms with Crippen molar-refractivity contribution in [1.82, 2.24) is 4.98 Å². The van der Waals surface area contributed by atoms with Crippen LogP contribution in [-0.2, 0) is 6.54 Å². The van der Waals surface area contributed by atoms with Gasteiger partial charge in [-0.1, -0.05) is 18.2 Å². The zero-order chi connectivity index (χ0) is 10.7. The number of aromatic nitrogens is 1. The molecule has 0 saturated heterocycles. The Morgan fingerprint density at radius 2 is 1.71 bits per heavy atom. The molecule has 1 aromatic heterocycles. The highest BCUT2D eigenvalue weighted by atomic mass is 35.5. The van der Waals surface area contributed by atoms with E-state index in [4.69, 9.17) is 5.73 Å². The molecule has 1 aromatic carbocycles. The molecule has 2 nitrogen and oxygen atoms in total. The molecule has 0 spiro atoms. The van der Waals surface area contributed by atoms with Gasteiger partial charge in [0.25, 0.3) is 0 Å². The fraction of sp³-hybridized carbons (Fsp3) is 0.0833. The normalized spacial score (nSPS) is 9.06. The zero-order valence-electron chi connectivity index (χ0n) is 8.97. The summed E-state index contributed by atoms with van der Waals surface area (Å²) in [5.41, 5.74) is 8.30. The summed E-state index contributed by atoms with van der Waals surface area (Å²) in [7, 11) is 0. The summed E-state index contributed by atoms with van der Waals surface area (Å²) in [4.78, 5) is 4.18. The summed E-state index contributed by atoms with van der Waals surface area (Å²) in [6, 6.07) is 10.1. The maximum absolute atomic E-state index is 12.7. The van der Waals surface area contributed by atoms with E-state index in [2.05, 4.69) is 4.98 Å². The van der Waals surface area contributed by atoms with Crippen molar-refractivity contribution in [2.24, 2.45) is 5.73 Å². The van der Waals surface area contributed by atoms with Gasteiger partial charge in [0.15, 0.2) is 0 Å². The van der Waals surface area contributed by atoms with Gasteiger partial charge in [0.05, 0.1) is 5.69 Å². The highest BCUT2D eigenvalue weighted by Gasteiger charge is 2.03. The third kappa shape index (κ3) is 3.66. The molecule has 0 atom stereocenters. The average Bonchev–Trinajstić information content (AvgIpc) is 2.30. The number of hydrogen-bond acceptors (Lipinski definition) is 2. The molecule has 0 unspecified atom stereocenters. The Kier molecular flexibility index (Phi) is 6.73. The lowest BCUT2D eigenvalue weighted by molar-refractivity contribution is 0.628. The van der Waals surface area contributed by atoms with Crippen LogP contribution in [0.25, 0.3) is 11.1 Å². The third-order valence-corrected chi connectivity index (χ3v) is 2.24. The molecule has 17 heavy (non-hydrogen) atoms. The second kappa shape index (κ2) is 7.22. The van der Waals surface area contributed by atoms with Crippen LogP contribution >= 0.6 is 24.8 Å². The number of benzene rings is 1. The molecule has 1 heterocycles. The number of nitrogens with two attached hydrogens (primary N) is 1. The van der Waals surface area contributed by atoms with Crippen LogP contribution in [0.3, 0.4) is 0 Å². The van der Waals surface area contributed by atoms with E-state index >= 15 is 0 Å². The molecule has 0 fully saturated rings. The highest BCUT2D eigenvalue weighted by Crippen LogP contribution is 2.21. The van der Waals surface area contributed by atoms with E-state index in [1.807, 2.05) is 12.1 Å². The van der Waals surface area contributed by atoms with Gasteiger partial charge in [-0.05, 0) is 23.8 Å². The first-order valence-corrected chi connectivity index (χ1v) is 4.71. The van der Waals surface area contributed by atoms with E-state index < -0.39 is 0 Å². The smallest absolute Gasteiger partial charge is 0.123 e. The predicted molar refractivity (Wildman–Crippen MR) is 72.0 cm³/mol. The summed E-state index contributed by atoms with van der Waals surface area (Å²) in [5.74, 6) is -0.239. The van der Waals surface area contributed by atoms with Gasteiger partial charge >= 0.3 is 0 Å². The van der Waals surface area contributed by atoms with Crippen LogP contribution in [0.15, 0.2) is 42.6 Å². The molecular formula is C12H13Cl2FN2. The Hall–Kier alpha value is -1.16. The van der Waals surface area contributed by atoms with Crippen molar-refractivity contribution in [3.05, 3.63) is 54.1 Å². The summed E-state index contributed by atoms with van der Waals surface area (Å²) >= 11 is 0. The van der Waals surface area contributed by atoms with Gasteiger partial charge in [0.1, 0.15) is 5.82 Å². The molecule has 92 valence electrons. The molecule has 2 aromatic rings. The fourth-order valence-electron chi connectivity index (χ4n) is 1.49. The van der Waals surface area contributed by atoms with Gasteiger partial charge in [-0.3, -0.25) is 4.98 Å². The van der Waals surface area contributed by atoms with Gasteiger partial charge in [0.2, 0.25) is 0 Å². The maximum Gasteiger partial charge on any atom is 0.123 e. The topological polar surface area (TPSA) is 38.9 Å². The van der Waals surface area contributed by atoms with Crippen LogP contribution in [-0.4, -0.2) is 4.98 Å². The van der Waals surface area contributed by atoms with E-state index in [1.54, 1.807) is 18.3 Å². The van der Waals surface area contributed by atoms with Crippen molar-refractivity contribution in [3.63, 3.8) is 0 Å². The summed E-state index contributed by atoms with van der Waals surface area (Å²) < 4.78 is 12.7. The van der Waals surface area contributed by atoms with E-state index in [0.29, 0.717) is 6.54 Å². The molecule has 0 aliphatic carbocycles. The van der Waals surface area contributed by atoms with E-state index in [0.717, 1.165) is 16.8 Å². The van der Waals surface area contributed by atoms with Crippen LogP contribution in [0.5, 0.6) is 0 Å². The van der Waals surface area contributed by atoms with Crippen LogP contribution in [0, 0.1) is 5.82 Å². The molecule has 0 aliphatic heterocycles. The van der Waals surface area contributed by atoms with Gasteiger partial charge in [0, 0.05) is 18.3 Å². The van der Waals surface area contributed by atoms with Crippen molar-refractivity contribution < 1.29 is 4.39 Å². The maximum atomic E-state index is 12.7. The Balaban J connectivity index is 0.00000128. The lowest BCUT2D eigenvalue weighted by atomic mass is 10.0. The van der Waals surface area contributed by atoms with Crippen molar-refractivity contribution in [1.29, 1.82) is 0 Å². The number of halogens is 3. The van der Waals surface area contributed by atoms with Gasteiger partial charge < -0.3 is 5.73 Å². The largest absolute Gasteiger partial charge is 0.325 e. The Labute approximate surface area is 112 Å². The van der Waals surface area contributed by atoms with Gasteiger partial charge in [-0.15, -0.1) is 24.8 Å². The SMILES string of the molecule is Cl.Cl.NCc1ncccc1-c1ccc(F)cc1. The van der Waals surface area contributed by atoms with Crippen LogP contribution in [0.4, 0.5) is 4.39 Å². The second-order valence-electron chi connectivity index (χ2n) is 3.21. The lowest BCUT2D eigenvalue weighted by Gasteiger charge is -2.06. The monoisotopic (exact) mass is 274 g/mol. The summed E-state index contributed by atoms with van der Waals surface area (Å²) in [5, 5.41) is 0. The standard InChI is InChI=1S/C12H11FN2.2ClH/c13-10-5-3-9(4-6-10)11-2-1-7-15-12(11)8-14;;/h1-7H,8,14H2;2*1H. The van der Waals surface area contributed by atoms with Crippen LogP contribution in [0.1, 0.15) is 5.69 Å². The molecule has 0 saturated carbocycles. The molecular weight excluding hydrogens is 262 g/mol. The van der Waals surface area contributed by atoms with E-state index in [1.165, 1.54) is 12.1 Å². The second-order valence-corrected chi connectivity index (χ2v) is 3.21. The average molecular weight is 275 g/mol. The van der Waals surface area contributed by atoms with Crippen LogP contribution < -0.4 is 5.73 Å². The number of nitrogens with zero attached hydrogens (tertiary/aromatic N) is 1. The quantitative estimate of drug-likeness (QED) is 0.914. The van der Waals surface area contributed by atoms with Crippen molar-refractivity contribution in [2.45, 2.75) is 6.54 Å². The van der Waals surface area contributed by atoms with Gasteiger partial charge in [-0.25, -0.2) is 4.39 Å². The minimum atomic E-state index is -0.239. The fourth-order valence-corrected chi connectivity index (χ4v) is 1.49. The molecule has 5 heteroatoms. The molecule has 0 amide bonds. The number of hydrogen-bond donors (Lipinski definition) is 1. The van der Waals surface area contributed by atoms with Crippen molar-refractivity contribution in [3.8, 4) is 11.1 Å². The Morgan fingerprint density at radius 1 is 1.06 bits per heavy atom. The van der Waals surface area contributed by atoms with Crippen LogP contribution in [0.2, 0.25) is 0 Å². The first-order valence-electron chi connectivity index (χ1n) is 4.71. The predicted octanol–water partition coefficient (Wildman–Crippen LogP) is 3.19. The lowest BCUT2D eigenvalue weighted by Crippen LogP contribution is -2.01. The third-order valence-electron chi connectivity index (χ3n) is 2.24. The first kappa shape index (κ1) is 15.8. The van der Waals surface area contributed by atoms with E-state index in [9.17, 15) is 4.39 Å². The molecule has 0 bridgehead atoms. The zero-order valence-corrected chi connectivity index (χ0v) is 10.6. The highest BCUT2D eigenvalue weighted by molar-refractivity contribution is 5.85. The minimum absolute atomic E-state index is 0. The molecule has 0 radical (unpaired) electrons. The molecule has 2 rings (SSSR count).